The summed E-state index contributed by atoms with van der Waals surface area (Å²) in [5.74, 6) is 0. The van der Waals surface area contributed by atoms with Gasteiger partial charge in [-0.2, -0.15) is 0 Å². The standard InChI is InChI=1S/C8H13NO5/c1-13-8(10)14-7-4-2-6(3-5-7)9(11)12/h6-7H,2-5H2,1H3. The molecule has 0 aromatic carbocycles. The van der Waals surface area contributed by atoms with Crippen LogP contribution in [0.25, 0.3) is 0 Å². The van der Waals surface area contributed by atoms with Crippen molar-refractivity contribution in [1.29, 1.82) is 0 Å². The van der Waals surface area contributed by atoms with Crippen LogP contribution in [0.4, 0.5) is 4.79 Å². The van der Waals surface area contributed by atoms with Crippen molar-refractivity contribution >= 4 is 6.16 Å². The minimum atomic E-state index is -0.713. The second-order valence-corrected chi connectivity index (χ2v) is 3.29. The Labute approximate surface area is 81.3 Å². The van der Waals surface area contributed by atoms with Gasteiger partial charge in [0.25, 0.3) is 0 Å². The summed E-state index contributed by atoms with van der Waals surface area (Å²) in [4.78, 5) is 20.9. The molecule has 0 aliphatic heterocycles. The highest BCUT2D eigenvalue weighted by atomic mass is 16.7. The number of rotatable bonds is 2. The van der Waals surface area contributed by atoms with Crippen LogP contribution in [0.1, 0.15) is 25.7 Å². The summed E-state index contributed by atoms with van der Waals surface area (Å²) < 4.78 is 9.22. The number of methoxy groups -OCH3 is 1. The highest BCUT2D eigenvalue weighted by molar-refractivity contribution is 5.59. The van der Waals surface area contributed by atoms with Crippen LogP contribution >= 0.6 is 0 Å². The molecule has 1 fully saturated rings. The zero-order valence-corrected chi connectivity index (χ0v) is 7.97. The quantitative estimate of drug-likeness (QED) is 0.384. The Morgan fingerprint density at radius 3 is 2.36 bits per heavy atom. The molecule has 1 aliphatic carbocycles. The number of hydrogen-bond acceptors (Lipinski definition) is 5. The molecule has 0 heterocycles. The molecule has 1 saturated carbocycles. The summed E-state index contributed by atoms with van der Waals surface area (Å²) in [7, 11) is 1.24. The van der Waals surface area contributed by atoms with Gasteiger partial charge in [-0.25, -0.2) is 4.79 Å². The second-order valence-electron chi connectivity index (χ2n) is 3.29. The van der Waals surface area contributed by atoms with Gasteiger partial charge in [-0.1, -0.05) is 0 Å². The van der Waals surface area contributed by atoms with Crippen molar-refractivity contribution in [3.63, 3.8) is 0 Å². The molecule has 0 aromatic heterocycles. The van der Waals surface area contributed by atoms with Crippen LogP contribution in [0.2, 0.25) is 0 Å². The molecular formula is C8H13NO5. The van der Waals surface area contributed by atoms with Crippen LogP contribution in [0, 0.1) is 10.1 Å². The predicted molar refractivity (Wildman–Crippen MR) is 46.5 cm³/mol. The first-order valence-electron chi connectivity index (χ1n) is 4.51. The van der Waals surface area contributed by atoms with Crippen LogP contribution in [0.3, 0.4) is 0 Å². The van der Waals surface area contributed by atoms with Gasteiger partial charge in [0.1, 0.15) is 6.10 Å². The molecule has 6 nitrogen and oxygen atoms in total. The van der Waals surface area contributed by atoms with E-state index in [-0.39, 0.29) is 11.0 Å². The van der Waals surface area contributed by atoms with Gasteiger partial charge in [-0.3, -0.25) is 10.1 Å². The summed E-state index contributed by atoms with van der Waals surface area (Å²) in [6.45, 7) is 0. The van der Waals surface area contributed by atoms with Crippen LogP contribution < -0.4 is 0 Å². The number of hydrogen-bond donors (Lipinski definition) is 0. The third-order valence-corrected chi connectivity index (χ3v) is 2.37. The van der Waals surface area contributed by atoms with E-state index < -0.39 is 12.2 Å². The van der Waals surface area contributed by atoms with Crippen LogP contribution in [-0.2, 0) is 9.47 Å². The first-order valence-corrected chi connectivity index (χ1v) is 4.51. The molecule has 0 spiro atoms. The number of ether oxygens (including phenoxy) is 2. The second kappa shape index (κ2) is 4.78. The van der Waals surface area contributed by atoms with Gasteiger partial charge in [0.05, 0.1) is 7.11 Å². The van der Waals surface area contributed by atoms with E-state index in [1.807, 2.05) is 0 Å². The summed E-state index contributed by atoms with van der Waals surface area (Å²) in [6.07, 6.45) is 1.08. The van der Waals surface area contributed by atoms with Crippen molar-refractivity contribution < 1.29 is 19.2 Å². The molecule has 0 amide bonds. The number of carbonyl (C=O) groups is 1. The van der Waals surface area contributed by atoms with E-state index >= 15 is 0 Å². The lowest BCUT2D eigenvalue weighted by atomic mass is 9.93. The van der Waals surface area contributed by atoms with Crippen molar-refractivity contribution in [2.45, 2.75) is 37.8 Å². The SMILES string of the molecule is COC(=O)OC1CCC([N+](=O)[O-])CC1. The normalized spacial score (nSPS) is 26.6. The monoisotopic (exact) mass is 203 g/mol. The maximum absolute atomic E-state index is 10.7. The molecule has 80 valence electrons. The van der Waals surface area contributed by atoms with Crippen LogP contribution in [0.15, 0.2) is 0 Å². The first kappa shape index (κ1) is 10.7. The number of nitrogens with zero attached hydrogens (tertiary/aromatic N) is 1. The lowest BCUT2D eigenvalue weighted by molar-refractivity contribution is -0.527. The molecule has 0 radical (unpaired) electrons. The molecule has 0 unspecified atom stereocenters. The van der Waals surface area contributed by atoms with Gasteiger partial charge in [-0.15, -0.1) is 0 Å². The maximum Gasteiger partial charge on any atom is 0.508 e. The van der Waals surface area contributed by atoms with Gasteiger partial charge in [0.15, 0.2) is 0 Å². The third kappa shape index (κ3) is 2.86. The summed E-state index contributed by atoms with van der Waals surface area (Å²) >= 11 is 0. The average Bonchev–Trinajstić information content (AvgIpc) is 2.18. The molecule has 0 aromatic rings. The first-order chi connectivity index (χ1) is 6.63. The summed E-state index contributed by atoms with van der Waals surface area (Å²) in [5.41, 5.74) is 0. The third-order valence-electron chi connectivity index (χ3n) is 2.37. The van der Waals surface area contributed by atoms with Crippen LogP contribution in [-0.4, -0.2) is 30.3 Å². The maximum atomic E-state index is 10.7. The minimum Gasteiger partial charge on any atom is -0.438 e. The predicted octanol–water partition coefficient (Wildman–Crippen LogP) is 1.36. The zero-order chi connectivity index (χ0) is 10.6. The molecule has 0 atom stereocenters. The highest BCUT2D eigenvalue weighted by Crippen LogP contribution is 2.23. The minimum absolute atomic E-state index is 0.223. The van der Waals surface area contributed by atoms with Crippen molar-refractivity contribution in [3.05, 3.63) is 10.1 Å². The molecule has 0 saturated heterocycles. The largest absolute Gasteiger partial charge is 0.508 e. The molecule has 6 heteroatoms. The molecule has 0 bridgehead atoms. The zero-order valence-electron chi connectivity index (χ0n) is 7.97. The highest BCUT2D eigenvalue weighted by Gasteiger charge is 2.30. The van der Waals surface area contributed by atoms with Gasteiger partial charge in [0.2, 0.25) is 6.04 Å². The Balaban J connectivity index is 2.29. The topological polar surface area (TPSA) is 78.7 Å². The molecule has 0 N–H and O–H groups in total. The Hall–Kier alpha value is -1.33. The van der Waals surface area contributed by atoms with E-state index in [0.29, 0.717) is 25.7 Å². The lowest BCUT2D eigenvalue weighted by Gasteiger charge is -2.23. The molecule has 14 heavy (non-hydrogen) atoms. The van der Waals surface area contributed by atoms with E-state index in [4.69, 9.17) is 4.74 Å². The summed E-state index contributed by atoms with van der Waals surface area (Å²) in [6, 6.07) is -0.479. The Bertz CT molecular complexity index is 222. The van der Waals surface area contributed by atoms with E-state index in [1.165, 1.54) is 7.11 Å². The molecular weight excluding hydrogens is 190 g/mol. The number of nitro groups is 1. The summed E-state index contributed by atoms with van der Waals surface area (Å²) in [5, 5.41) is 10.4. The fourth-order valence-corrected chi connectivity index (χ4v) is 1.56. The fourth-order valence-electron chi connectivity index (χ4n) is 1.56. The average molecular weight is 203 g/mol. The Morgan fingerprint density at radius 2 is 1.93 bits per heavy atom. The van der Waals surface area contributed by atoms with Crippen molar-refractivity contribution in [2.75, 3.05) is 7.11 Å². The van der Waals surface area contributed by atoms with Crippen molar-refractivity contribution in [2.24, 2.45) is 0 Å². The van der Waals surface area contributed by atoms with Crippen molar-refractivity contribution in [1.82, 2.24) is 0 Å². The fraction of sp³-hybridized carbons (Fsp3) is 0.875. The number of carbonyl (C=O) groups excluding carboxylic acids is 1. The lowest BCUT2D eigenvalue weighted by Crippen LogP contribution is -2.30. The van der Waals surface area contributed by atoms with Crippen LogP contribution in [0.5, 0.6) is 0 Å². The van der Waals surface area contributed by atoms with Crippen molar-refractivity contribution in [3.8, 4) is 0 Å². The van der Waals surface area contributed by atoms with Gasteiger partial charge < -0.3 is 9.47 Å². The van der Waals surface area contributed by atoms with Gasteiger partial charge in [-0.05, 0) is 12.8 Å². The Morgan fingerprint density at radius 1 is 1.36 bits per heavy atom. The van der Waals surface area contributed by atoms with E-state index in [0.717, 1.165) is 0 Å². The Kier molecular flexibility index (Phi) is 3.67. The van der Waals surface area contributed by atoms with E-state index in [2.05, 4.69) is 4.74 Å². The smallest absolute Gasteiger partial charge is 0.438 e. The van der Waals surface area contributed by atoms with E-state index in [9.17, 15) is 14.9 Å². The van der Waals surface area contributed by atoms with Gasteiger partial charge in [0, 0.05) is 17.8 Å². The molecule has 1 aliphatic rings. The molecule has 1 rings (SSSR count). The van der Waals surface area contributed by atoms with E-state index in [1.54, 1.807) is 0 Å². The van der Waals surface area contributed by atoms with Gasteiger partial charge >= 0.3 is 6.16 Å².